The number of ether oxygens (including phenoxy) is 1. The number of aromatic nitrogens is 6. The van der Waals surface area contributed by atoms with Crippen LogP contribution in [-0.4, -0.2) is 37.0 Å². The van der Waals surface area contributed by atoms with Crippen molar-refractivity contribution < 1.29 is 4.74 Å². The first-order chi connectivity index (χ1) is 10.3. The minimum absolute atomic E-state index is 0.468. The van der Waals surface area contributed by atoms with Crippen LogP contribution in [0.5, 0.6) is 5.88 Å². The van der Waals surface area contributed by atoms with Gasteiger partial charge in [-0.25, -0.2) is 15.0 Å². The quantitative estimate of drug-likeness (QED) is 0.527. The summed E-state index contributed by atoms with van der Waals surface area (Å²) < 4.78 is 5.00. The van der Waals surface area contributed by atoms with Crippen LogP contribution in [0, 0.1) is 0 Å². The number of H-pyrrole nitrogens is 2. The van der Waals surface area contributed by atoms with E-state index in [1.807, 2.05) is 18.3 Å². The van der Waals surface area contributed by atoms with Crippen molar-refractivity contribution in [1.29, 1.82) is 0 Å². The molecule has 0 radical (unpaired) electrons. The predicted octanol–water partition coefficient (Wildman–Crippen LogP) is 2.58. The fourth-order valence-electron chi connectivity index (χ4n) is 1.84. The van der Waals surface area contributed by atoms with Crippen LogP contribution in [-0.2, 0) is 0 Å². The van der Waals surface area contributed by atoms with Crippen molar-refractivity contribution in [2.24, 2.45) is 0 Å². The van der Waals surface area contributed by atoms with Gasteiger partial charge in [0.25, 0.3) is 0 Å². The summed E-state index contributed by atoms with van der Waals surface area (Å²) in [5.41, 5.74) is 3.36. The molecule has 0 saturated heterocycles. The van der Waals surface area contributed by atoms with Crippen LogP contribution < -0.4 is 4.74 Å². The lowest BCUT2D eigenvalue weighted by Gasteiger charge is -1.97. The second kappa shape index (κ2) is 5.76. The molecule has 0 spiro atoms. The first kappa shape index (κ1) is 13.3. The van der Waals surface area contributed by atoms with Crippen molar-refractivity contribution in [3.63, 3.8) is 0 Å². The van der Waals surface area contributed by atoms with E-state index in [4.69, 9.17) is 16.3 Å². The fourth-order valence-corrected chi connectivity index (χ4v) is 2.04. The molecule has 106 valence electrons. The van der Waals surface area contributed by atoms with Gasteiger partial charge in [-0.15, -0.1) is 0 Å². The lowest BCUT2D eigenvalue weighted by Crippen LogP contribution is -1.89. The van der Waals surface area contributed by atoms with Gasteiger partial charge in [-0.1, -0.05) is 11.6 Å². The smallest absolute Gasteiger partial charge is 0.241 e. The Hall–Kier alpha value is -2.67. The molecule has 0 amide bonds. The number of methoxy groups -OCH3 is 1. The van der Waals surface area contributed by atoms with Crippen LogP contribution in [0.15, 0.2) is 37.2 Å². The highest BCUT2D eigenvalue weighted by Gasteiger charge is 2.02. The van der Waals surface area contributed by atoms with Gasteiger partial charge in [0.05, 0.1) is 18.1 Å². The van der Waals surface area contributed by atoms with Gasteiger partial charge in [-0.3, -0.25) is 0 Å². The first-order valence-corrected chi connectivity index (χ1v) is 6.43. The van der Waals surface area contributed by atoms with Crippen molar-refractivity contribution in [3.05, 3.63) is 42.3 Å². The minimum atomic E-state index is 0.468. The topological polar surface area (TPSA) is 92.4 Å². The van der Waals surface area contributed by atoms with Gasteiger partial charge in [-0.05, 0) is 12.1 Å². The zero-order chi connectivity index (χ0) is 14.7. The molecule has 4 aromatic heterocycles. The lowest BCUT2D eigenvalue weighted by atomic mass is 10.4. The van der Waals surface area contributed by atoms with E-state index in [1.54, 1.807) is 13.3 Å². The second-order valence-corrected chi connectivity index (χ2v) is 4.38. The maximum Gasteiger partial charge on any atom is 0.241 e. The number of nitrogens with one attached hydrogen (secondary N) is 2. The Balaban J connectivity index is 0.000000126. The molecule has 0 bridgehead atoms. The zero-order valence-electron chi connectivity index (χ0n) is 11.0. The second-order valence-electron chi connectivity index (χ2n) is 4.02. The molecule has 0 atom stereocenters. The summed E-state index contributed by atoms with van der Waals surface area (Å²) >= 11 is 5.72. The molecule has 4 aromatic rings. The molecule has 4 rings (SSSR count). The maximum absolute atomic E-state index is 5.72. The average Bonchev–Trinajstić information content (AvgIpc) is 3.16. The third-order valence-electron chi connectivity index (χ3n) is 2.80. The molecular formula is C13H11ClN6O. The van der Waals surface area contributed by atoms with E-state index in [0.717, 1.165) is 22.1 Å². The van der Waals surface area contributed by atoms with Gasteiger partial charge in [0.15, 0.2) is 5.15 Å². The predicted molar refractivity (Wildman–Crippen MR) is 79.3 cm³/mol. The van der Waals surface area contributed by atoms with Crippen LogP contribution >= 0.6 is 11.6 Å². The van der Waals surface area contributed by atoms with E-state index in [1.165, 1.54) is 12.7 Å². The molecule has 0 aromatic carbocycles. The van der Waals surface area contributed by atoms with Crippen LogP contribution in [0.25, 0.3) is 22.1 Å². The van der Waals surface area contributed by atoms with Crippen LogP contribution in [0.2, 0.25) is 5.15 Å². The monoisotopic (exact) mass is 302 g/mol. The van der Waals surface area contributed by atoms with Crippen molar-refractivity contribution in [2.45, 2.75) is 0 Å². The number of hydrogen-bond acceptors (Lipinski definition) is 5. The normalized spacial score (nSPS) is 10.4. The molecule has 0 unspecified atom stereocenters. The van der Waals surface area contributed by atoms with Gasteiger partial charge in [-0.2, -0.15) is 4.98 Å². The number of aromatic amines is 2. The molecule has 0 aliphatic rings. The van der Waals surface area contributed by atoms with Gasteiger partial charge in [0.1, 0.15) is 23.7 Å². The van der Waals surface area contributed by atoms with E-state index in [9.17, 15) is 0 Å². The third-order valence-corrected chi connectivity index (χ3v) is 3.09. The lowest BCUT2D eigenvalue weighted by molar-refractivity contribution is 0.402. The highest BCUT2D eigenvalue weighted by molar-refractivity contribution is 6.33. The molecule has 0 aliphatic carbocycles. The summed E-state index contributed by atoms with van der Waals surface area (Å²) in [6.45, 7) is 0. The van der Waals surface area contributed by atoms with E-state index < -0.39 is 0 Å². The molecular weight excluding hydrogens is 292 g/mol. The Labute approximate surface area is 124 Å². The van der Waals surface area contributed by atoms with Crippen molar-refractivity contribution >= 4 is 33.7 Å². The molecule has 4 heterocycles. The molecule has 0 fully saturated rings. The van der Waals surface area contributed by atoms with Crippen molar-refractivity contribution in [3.8, 4) is 5.88 Å². The molecule has 2 N–H and O–H groups in total. The van der Waals surface area contributed by atoms with E-state index in [0.29, 0.717) is 11.0 Å². The van der Waals surface area contributed by atoms with Crippen LogP contribution in [0.3, 0.4) is 0 Å². The van der Waals surface area contributed by atoms with Gasteiger partial charge in [0, 0.05) is 12.4 Å². The number of halogens is 1. The van der Waals surface area contributed by atoms with Gasteiger partial charge >= 0.3 is 0 Å². The first-order valence-electron chi connectivity index (χ1n) is 6.05. The highest BCUT2D eigenvalue weighted by atomic mass is 35.5. The zero-order valence-corrected chi connectivity index (χ0v) is 11.8. The third kappa shape index (κ3) is 2.63. The van der Waals surface area contributed by atoms with E-state index >= 15 is 0 Å². The molecule has 0 saturated carbocycles. The Kier molecular flexibility index (Phi) is 3.65. The van der Waals surface area contributed by atoms with Gasteiger partial charge in [0.2, 0.25) is 5.88 Å². The summed E-state index contributed by atoms with van der Waals surface area (Å²) in [7, 11) is 1.59. The maximum atomic E-state index is 5.72. The van der Waals surface area contributed by atoms with Crippen molar-refractivity contribution in [1.82, 2.24) is 29.9 Å². The summed E-state index contributed by atoms with van der Waals surface area (Å²) in [5.74, 6) is 0.583. The SMILES string of the molecule is COc1ncnc2cc[nH]c12.Clc1ncnc2cc[nH]c12. The average molecular weight is 303 g/mol. The van der Waals surface area contributed by atoms with E-state index in [-0.39, 0.29) is 0 Å². The Bertz CT molecular complexity index is 871. The number of nitrogens with zero attached hydrogens (tertiary/aromatic N) is 4. The summed E-state index contributed by atoms with van der Waals surface area (Å²) in [6, 6.07) is 3.72. The molecule has 8 heteroatoms. The Morgan fingerprint density at radius 1 is 0.905 bits per heavy atom. The van der Waals surface area contributed by atoms with Crippen LogP contribution in [0.1, 0.15) is 0 Å². The standard InChI is InChI=1S/C7H7N3O.C6H4ClN3/c1-11-7-6-5(2-3-8-6)9-4-10-7;7-6-5-4(1-2-8-5)9-3-10-6/h2-4,8H,1H3;1-3,8H. The summed E-state index contributed by atoms with van der Waals surface area (Å²) in [4.78, 5) is 21.7. The van der Waals surface area contributed by atoms with E-state index in [2.05, 4.69) is 29.9 Å². The molecule has 21 heavy (non-hydrogen) atoms. The Morgan fingerprint density at radius 2 is 1.52 bits per heavy atom. The molecule has 7 nitrogen and oxygen atoms in total. The number of hydrogen-bond donors (Lipinski definition) is 2. The number of fused-ring (bicyclic) bond motifs is 2. The molecule has 0 aliphatic heterocycles. The largest absolute Gasteiger partial charge is 0.479 e. The fraction of sp³-hybridized carbons (Fsp3) is 0.0769. The highest BCUT2D eigenvalue weighted by Crippen LogP contribution is 2.17. The summed E-state index contributed by atoms with van der Waals surface area (Å²) in [6.07, 6.45) is 6.51. The number of rotatable bonds is 1. The minimum Gasteiger partial charge on any atom is -0.479 e. The van der Waals surface area contributed by atoms with Crippen LogP contribution in [0.4, 0.5) is 0 Å². The Morgan fingerprint density at radius 3 is 2.19 bits per heavy atom. The van der Waals surface area contributed by atoms with Gasteiger partial charge < -0.3 is 14.7 Å². The summed E-state index contributed by atoms with van der Waals surface area (Å²) in [5, 5.41) is 0.468. The van der Waals surface area contributed by atoms with Crippen molar-refractivity contribution in [2.75, 3.05) is 7.11 Å².